The molecular formula is C29H42N4O3. The van der Waals surface area contributed by atoms with Crippen LogP contribution in [0.3, 0.4) is 0 Å². The topological polar surface area (TPSA) is 66.8 Å². The Kier molecular flexibility index (Phi) is 7.29. The minimum absolute atomic E-state index is 0.0233. The molecular weight excluding hydrogens is 452 g/mol. The minimum Gasteiger partial charge on any atom is -0.497 e. The van der Waals surface area contributed by atoms with Crippen LogP contribution in [-0.4, -0.2) is 70.5 Å². The van der Waals surface area contributed by atoms with Crippen LogP contribution in [-0.2, 0) is 11.3 Å². The Hall–Kier alpha value is -2.54. The first-order valence-electron chi connectivity index (χ1n) is 13.9. The molecule has 7 heteroatoms. The van der Waals surface area contributed by atoms with Gasteiger partial charge in [0.2, 0.25) is 5.91 Å². The summed E-state index contributed by atoms with van der Waals surface area (Å²) in [5, 5.41) is 4.37. The van der Waals surface area contributed by atoms with Gasteiger partial charge in [-0.3, -0.25) is 14.5 Å². The van der Waals surface area contributed by atoms with E-state index in [0.717, 1.165) is 55.4 Å². The molecule has 2 aliphatic heterocycles. The van der Waals surface area contributed by atoms with Gasteiger partial charge in [-0.15, -0.1) is 0 Å². The molecule has 0 bridgehead atoms. The number of carbonyl (C=O) groups is 2. The summed E-state index contributed by atoms with van der Waals surface area (Å²) in [7, 11) is 1.65. The van der Waals surface area contributed by atoms with Crippen molar-refractivity contribution in [2.75, 3.05) is 26.7 Å². The summed E-state index contributed by atoms with van der Waals surface area (Å²) in [4.78, 5) is 32.4. The van der Waals surface area contributed by atoms with Crippen molar-refractivity contribution in [1.82, 2.24) is 19.7 Å². The zero-order valence-electron chi connectivity index (χ0n) is 22.2. The van der Waals surface area contributed by atoms with Crippen molar-refractivity contribution < 1.29 is 14.3 Å². The largest absolute Gasteiger partial charge is 0.497 e. The van der Waals surface area contributed by atoms with E-state index < -0.39 is 5.54 Å². The predicted octanol–water partition coefficient (Wildman–Crippen LogP) is 4.58. The molecule has 2 atom stereocenters. The Morgan fingerprint density at radius 1 is 1.06 bits per heavy atom. The third-order valence-corrected chi connectivity index (χ3v) is 8.87. The first-order chi connectivity index (χ1) is 17.4. The second-order valence-corrected chi connectivity index (χ2v) is 11.3. The Balaban J connectivity index is 1.47. The number of fused-ring (bicyclic) bond motifs is 3. The highest BCUT2D eigenvalue weighted by Gasteiger charge is 2.48. The number of nitrogens with zero attached hydrogens (tertiary/aromatic N) is 3. The van der Waals surface area contributed by atoms with E-state index in [-0.39, 0.29) is 17.9 Å². The average Bonchev–Trinajstić information content (AvgIpc) is 3.04. The lowest BCUT2D eigenvalue weighted by atomic mass is 9.93. The molecule has 2 fully saturated rings. The molecule has 1 N–H and O–H groups in total. The van der Waals surface area contributed by atoms with E-state index in [4.69, 9.17) is 4.74 Å². The summed E-state index contributed by atoms with van der Waals surface area (Å²) in [5.41, 5.74) is 0.643. The SMILES string of the molecule is COc1ccc2cc3n(c2c1)C[C@@](C)(C(=O)NC1CCCCCC1)N(CCN1CCCC[C@@H]1C)C3=O. The molecule has 1 saturated carbocycles. The Bertz CT molecular complexity index is 1100. The summed E-state index contributed by atoms with van der Waals surface area (Å²) in [6, 6.07) is 8.57. The van der Waals surface area contributed by atoms with E-state index in [1.54, 1.807) is 7.11 Å². The Labute approximate surface area is 215 Å². The first-order valence-corrected chi connectivity index (χ1v) is 13.9. The van der Waals surface area contributed by atoms with Crippen LogP contribution in [0.15, 0.2) is 24.3 Å². The number of hydrogen-bond donors (Lipinski definition) is 1. The zero-order chi connectivity index (χ0) is 25.3. The van der Waals surface area contributed by atoms with Gasteiger partial charge < -0.3 is 19.5 Å². The summed E-state index contributed by atoms with van der Waals surface area (Å²) >= 11 is 0. The monoisotopic (exact) mass is 494 g/mol. The predicted molar refractivity (Wildman–Crippen MR) is 142 cm³/mol. The maximum atomic E-state index is 14.0. The van der Waals surface area contributed by atoms with Gasteiger partial charge in [-0.05, 0) is 64.3 Å². The molecule has 0 unspecified atom stereocenters. The van der Waals surface area contributed by atoms with Crippen molar-refractivity contribution in [3.8, 4) is 5.75 Å². The second kappa shape index (κ2) is 10.4. The first kappa shape index (κ1) is 25.1. The van der Waals surface area contributed by atoms with E-state index >= 15 is 0 Å². The number of piperidine rings is 1. The standard InChI is InChI=1S/C29H42N4O3/c1-21-10-8-9-15-31(21)16-17-33-27(34)26-18-22-13-14-24(36-3)19-25(22)32(26)20-29(33,2)28(35)30-23-11-6-4-5-7-12-23/h13-14,18-19,21,23H,4-12,15-17,20H2,1-3H3,(H,30,35)/t21-,29-/m0/s1. The normalized spacial score (nSPS) is 26.0. The number of benzene rings is 1. The van der Waals surface area contributed by atoms with Gasteiger partial charge in [0.05, 0.1) is 19.2 Å². The average molecular weight is 495 g/mol. The molecule has 2 amide bonds. The van der Waals surface area contributed by atoms with Gasteiger partial charge in [-0.25, -0.2) is 0 Å². The summed E-state index contributed by atoms with van der Waals surface area (Å²) in [6.45, 7) is 7.11. The molecule has 36 heavy (non-hydrogen) atoms. The van der Waals surface area contributed by atoms with Crippen LogP contribution in [0, 0.1) is 0 Å². The van der Waals surface area contributed by atoms with Crippen LogP contribution in [0.25, 0.3) is 10.9 Å². The van der Waals surface area contributed by atoms with Gasteiger partial charge in [0.1, 0.15) is 17.0 Å². The number of hydrogen-bond acceptors (Lipinski definition) is 4. The number of nitrogens with one attached hydrogen (secondary N) is 1. The number of aromatic nitrogens is 1. The second-order valence-electron chi connectivity index (χ2n) is 11.3. The molecule has 5 rings (SSSR count). The van der Waals surface area contributed by atoms with E-state index in [2.05, 4.69) is 17.1 Å². The van der Waals surface area contributed by atoms with Crippen molar-refractivity contribution in [3.63, 3.8) is 0 Å². The Morgan fingerprint density at radius 3 is 2.53 bits per heavy atom. The van der Waals surface area contributed by atoms with Crippen LogP contribution in [0.2, 0.25) is 0 Å². The van der Waals surface area contributed by atoms with Gasteiger partial charge in [0.25, 0.3) is 5.91 Å². The lowest BCUT2D eigenvalue weighted by molar-refractivity contribution is -0.133. The number of likely N-dealkylation sites (tertiary alicyclic amines) is 1. The number of carbonyl (C=O) groups excluding carboxylic acids is 2. The maximum Gasteiger partial charge on any atom is 0.271 e. The molecule has 1 aliphatic carbocycles. The van der Waals surface area contributed by atoms with Crippen molar-refractivity contribution in [1.29, 1.82) is 0 Å². The third kappa shape index (κ3) is 4.74. The van der Waals surface area contributed by atoms with E-state index in [1.807, 2.05) is 40.7 Å². The van der Waals surface area contributed by atoms with Crippen LogP contribution >= 0.6 is 0 Å². The quantitative estimate of drug-likeness (QED) is 0.597. The highest BCUT2D eigenvalue weighted by molar-refractivity contribution is 6.03. The maximum absolute atomic E-state index is 14.0. The van der Waals surface area contributed by atoms with E-state index in [1.165, 1.54) is 32.1 Å². The number of methoxy groups -OCH3 is 1. The van der Waals surface area contributed by atoms with Crippen molar-refractivity contribution in [2.45, 2.75) is 95.8 Å². The lowest BCUT2D eigenvalue weighted by Gasteiger charge is -2.46. The van der Waals surface area contributed by atoms with Crippen LogP contribution in [0.4, 0.5) is 0 Å². The van der Waals surface area contributed by atoms with Crippen molar-refractivity contribution in [2.24, 2.45) is 0 Å². The number of rotatable bonds is 6. The molecule has 2 aromatic rings. The minimum atomic E-state index is -0.954. The molecule has 1 aromatic heterocycles. The van der Waals surface area contributed by atoms with Gasteiger partial charge in [0.15, 0.2) is 0 Å². The highest BCUT2D eigenvalue weighted by atomic mass is 16.5. The highest BCUT2D eigenvalue weighted by Crippen LogP contribution is 2.34. The van der Waals surface area contributed by atoms with Crippen LogP contribution in [0.5, 0.6) is 5.75 Å². The van der Waals surface area contributed by atoms with E-state index in [0.29, 0.717) is 24.8 Å². The fourth-order valence-corrected chi connectivity index (χ4v) is 6.49. The van der Waals surface area contributed by atoms with Gasteiger partial charge in [-0.1, -0.05) is 32.1 Å². The van der Waals surface area contributed by atoms with Crippen LogP contribution < -0.4 is 10.1 Å². The zero-order valence-corrected chi connectivity index (χ0v) is 22.2. The molecule has 3 heterocycles. The smallest absolute Gasteiger partial charge is 0.271 e. The number of ether oxygens (including phenoxy) is 1. The molecule has 1 saturated heterocycles. The van der Waals surface area contributed by atoms with Gasteiger partial charge in [0, 0.05) is 36.6 Å². The molecule has 7 nitrogen and oxygen atoms in total. The Morgan fingerprint density at radius 2 is 1.81 bits per heavy atom. The lowest BCUT2D eigenvalue weighted by Crippen LogP contribution is -2.66. The van der Waals surface area contributed by atoms with Gasteiger partial charge in [-0.2, -0.15) is 0 Å². The fourth-order valence-electron chi connectivity index (χ4n) is 6.49. The number of amides is 2. The van der Waals surface area contributed by atoms with E-state index in [9.17, 15) is 9.59 Å². The third-order valence-electron chi connectivity index (χ3n) is 8.87. The molecule has 0 spiro atoms. The molecule has 3 aliphatic rings. The summed E-state index contributed by atoms with van der Waals surface area (Å²) in [5.74, 6) is 0.673. The molecule has 196 valence electrons. The molecule has 0 radical (unpaired) electrons. The summed E-state index contributed by atoms with van der Waals surface area (Å²) < 4.78 is 7.50. The molecule has 1 aromatic carbocycles. The van der Waals surface area contributed by atoms with Crippen LogP contribution in [0.1, 0.15) is 82.1 Å². The van der Waals surface area contributed by atoms with Gasteiger partial charge >= 0.3 is 0 Å². The fraction of sp³-hybridized carbons (Fsp3) is 0.655. The van der Waals surface area contributed by atoms with Crippen molar-refractivity contribution in [3.05, 3.63) is 30.0 Å². The van der Waals surface area contributed by atoms with Crippen molar-refractivity contribution >= 4 is 22.7 Å². The summed E-state index contributed by atoms with van der Waals surface area (Å²) in [6.07, 6.45) is 10.5.